The van der Waals surface area contributed by atoms with Gasteiger partial charge in [0, 0.05) is 16.3 Å². The Hall–Kier alpha value is -3.31. The number of amides is 2. The van der Waals surface area contributed by atoms with Gasteiger partial charge in [0.2, 0.25) is 0 Å². The maximum absolute atomic E-state index is 12.5. The van der Waals surface area contributed by atoms with Gasteiger partial charge in [0.1, 0.15) is 5.75 Å². The van der Waals surface area contributed by atoms with Crippen LogP contribution < -0.4 is 15.0 Å². The Kier molecular flexibility index (Phi) is 5.23. The van der Waals surface area contributed by atoms with E-state index in [1.165, 1.54) is 0 Å². The molecule has 1 aliphatic heterocycles. The number of hydrogen-bond acceptors (Lipinski definition) is 3. The first kappa shape index (κ1) is 19.0. The summed E-state index contributed by atoms with van der Waals surface area (Å²) in [5, 5.41) is 3.53. The number of benzene rings is 3. The number of halogens is 1. The van der Waals surface area contributed by atoms with Crippen LogP contribution in [0.25, 0.3) is 0 Å². The first-order valence-corrected chi connectivity index (χ1v) is 9.57. The molecule has 146 valence electrons. The van der Waals surface area contributed by atoms with Crippen LogP contribution in [0.1, 0.15) is 21.5 Å². The lowest BCUT2D eigenvalue weighted by Gasteiger charge is -2.30. The van der Waals surface area contributed by atoms with Crippen LogP contribution in [0.5, 0.6) is 5.75 Å². The van der Waals surface area contributed by atoms with Gasteiger partial charge in [0.05, 0.1) is 12.2 Å². The standard InChI is InChI=1S/C23H19ClN2O3/c1-15-2-6-17(7-3-15)23(28)25-19-10-11-21-20(12-19)26(22(27)14-29-21)13-16-4-8-18(24)9-5-16/h2-12H,13-14H2,1H3,(H,25,28). The molecule has 0 aromatic heterocycles. The van der Waals surface area contributed by atoms with E-state index in [-0.39, 0.29) is 18.4 Å². The number of anilines is 2. The SMILES string of the molecule is Cc1ccc(C(=O)Nc2ccc3c(c2)N(Cc2ccc(Cl)cc2)C(=O)CO3)cc1. The molecule has 5 nitrogen and oxygen atoms in total. The Morgan fingerprint density at radius 1 is 1.07 bits per heavy atom. The van der Waals surface area contributed by atoms with Crippen molar-refractivity contribution in [2.24, 2.45) is 0 Å². The van der Waals surface area contributed by atoms with E-state index in [0.717, 1.165) is 11.1 Å². The molecule has 0 radical (unpaired) electrons. The van der Waals surface area contributed by atoms with Crippen LogP contribution in [0.4, 0.5) is 11.4 Å². The Balaban J connectivity index is 1.59. The molecule has 0 aliphatic carbocycles. The van der Waals surface area contributed by atoms with Crippen LogP contribution in [0.3, 0.4) is 0 Å². The predicted molar refractivity (Wildman–Crippen MR) is 114 cm³/mol. The Morgan fingerprint density at radius 2 is 1.79 bits per heavy atom. The summed E-state index contributed by atoms with van der Waals surface area (Å²) in [5.41, 5.74) is 3.82. The number of hydrogen-bond donors (Lipinski definition) is 1. The lowest BCUT2D eigenvalue weighted by Crippen LogP contribution is -2.38. The van der Waals surface area contributed by atoms with Crippen LogP contribution in [0, 0.1) is 6.92 Å². The molecule has 1 N–H and O–H groups in total. The zero-order valence-electron chi connectivity index (χ0n) is 15.8. The van der Waals surface area contributed by atoms with E-state index in [1.54, 1.807) is 47.4 Å². The number of carbonyl (C=O) groups is 2. The maximum atomic E-state index is 12.5. The molecule has 0 fully saturated rings. The minimum absolute atomic E-state index is 0.0182. The lowest BCUT2D eigenvalue weighted by atomic mass is 10.1. The number of carbonyl (C=O) groups excluding carboxylic acids is 2. The zero-order chi connectivity index (χ0) is 20.4. The van der Waals surface area contributed by atoms with E-state index >= 15 is 0 Å². The van der Waals surface area contributed by atoms with Crippen LogP contribution in [0.15, 0.2) is 66.7 Å². The summed E-state index contributed by atoms with van der Waals surface area (Å²) in [6.45, 7) is 2.34. The third-order valence-electron chi connectivity index (χ3n) is 4.73. The molecule has 0 saturated carbocycles. The second-order valence-corrected chi connectivity index (χ2v) is 7.33. The molecule has 4 rings (SSSR count). The summed E-state index contributed by atoms with van der Waals surface area (Å²) in [6, 6.07) is 20.0. The Morgan fingerprint density at radius 3 is 2.52 bits per heavy atom. The van der Waals surface area contributed by atoms with Gasteiger partial charge >= 0.3 is 0 Å². The summed E-state index contributed by atoms with van der Waals surface area (Å²) in [7, 11) is 0. The van der Waals surface area contributed by atoms with Crippen molar-refractivity contribution in [3.8, 4) is 5.75 Å². The lowest BCUT2D eigenvalue weighted by molar-refractivity contribution is -0.121. The van der Waals surface area contributed by atoms with Gasteiger partial charge in [-0.15, -0.1) is 0 Å². The number of nitrogens with zero attached hydrogens (tertiary/aromatic N) is 1. The normalized spacial score (nSPS) is 12.9. The van der Waals surface area contributed by atoms with Gasteiger partial charge in [0.15, 0.2) is 6.61 Å². The van der Waals surface area contributed by atoms with Crippen LogP contribution in [0.2, 0.25) is 5.02 Å². The highest BCUT2D eigenvalue weighted by molar-refractivity contribution is 6.30. The summed E-state index contributed by atoms with van der Waals surface area (Å²) >= 11 is 5.95. The molecule has 0 spiro atoms. The summed E-state index contributed by atoms with van der Waals surface area (Å²) in [5.74, 6) is 0.249. The number of fused-ring (bicyclic) bond motifs is 1. The molecule has 2 amide bonds. The molecule has 3 aromatic carbocycles. The monoisotopic (exact) mass is 406 g/mol. The van der Waals surface area contributed by atoms with Crippen LogP contribution in [-0.4, -0.2) is 18.4 Å². The second kappa shape index (κ2) is 7.97. The highest BCUT2D eigenvalue weighted by Gasteiger charge is 2.26. The topological polar surface area (TPSA) is 58.6 Å². The summed E-state index contributed by atoms with van der Waals surface area (Å²) in [4.78, 5) is 26.7. The molecular weight excluding hydrogens is 388 g/mol. The third-order valence-corrected chi connectivity index (χ3v) is 4.98. The van der Waals surface area contributed by atoms with Crippen molar-refractivity contribution in [1.82, 2.24) is 0 Å². The second-order valence-electron chi connectivity index (χ2n) is 6.90. The number of aryl methyl sites for hydroxylation is 1. The van der Waals surface area contributed by atoms with Crippen molar-refractivity contribution in [3.63, 3.8) is 0 Å². The molecule has 3 aromatic rings. The fraction of sp³-hybridized carbons (Fsp3) is 0.130. The highest BCUT2D eigenvalue weighted by Crippen LogP contribution is 2.35. The van der Waals surface area contributed by atoms with Gasteiger partial charge in [-0.3, -0.25) is 9.59 Å². The van der Waals surface area contributed by atoms with Gasteiger partial charge in [0.25, 0.3) is 11.8 Å². The zero-order valence-corrected chi connectivity index (χ0v) is 16.6. The van der Waals surface area contributed by atoms with E-state index in [2.05, 4.69) is 5.32 Å². The average molecular weight is 407 g/mol. The Labute approximate surface area is 173 Å². The van der Waals surface area contributed by atoms with E-state index in [4.69, 9.17) is 16.3 Å². The molecule has 29 heavy (non-hydrogen) atoms. The predicted octanol–water partition coefficient (Wildman–Crippen LogP) is 4.83. The average Bonchev–Trinajstić information content (AvgIpc) is 2.72. The van der Waals surface area contributed by atoms with Crippen LogP contribution in [-0.2, 0) is 11.3 Å². The van der Waals surface area contributed by atoms with Gasteiger partial charge < -0.3 is 15.0 Å². The molecule has 0 unspecified atom stereocenters. The van der Waals surface area contributed by atoms with E-state index < -0.39 is 0 Å². The van der Waals surface area contributed by atoms with Crippen LogP contribution >= 0.6 is 11.6 Å². The first-order valence-electron chi connectivity index (χ1n) is 9.19. The van der Waals surface area contributed by atoms with E-state index in [0.29, 0.717) is 34.3 Å². The molecule has 0 bridgehead atoms. The quantitative estimate of drug-likeness (QED) is 0.675. The van der Waals surface area contributed by atoms with Gasteiger partial charge in [-0.2, -0.15) is 0 Å². The van der Waals surface area contributed by atoms with Gasteiger partial charge in [-0.1, -0.05) is 41.4 Å². The molecule has 1 heterocycles. The van der Waals surface area contributed by atoms with Gasteiger partial charge in [-0.05, 0) is 55.0 Å². The summed E-state index contributed by atoms with van der Waals surface area (Å²) in [6.07, 6.45) is 0. The minimum atomic E-state index is -0.211. The Bertz CT molecular complexity index is 1060. The van der Waals surface area contributed by atoms with Crippen molar-refractivity contribution in [1.29, 1.82) is 0 Å². The van der Waals surface area contributed by atoms with E-state index in [1.807, 2.05) is 31.2 Å². The minimum Gasteiger partial charge on any atom is -0.482 e. The maximum Gasteiger partial charge on any atom is 0.265 e. The molecular formula is C23H19ClN2O3. The van der Waals surface area contributed by atoms with Crippen molar-refractivity contribution in [2.45, 2.75) is 13.5 Å². The fourth-order valence-corrected chi connectivity index (χ4v) is 3.26. The van der Waals surface area contributed by atoms with Crippen molar-refractivity contribution >= 4 is 34.8 Å². The van der Waals surface area contributed by atoms with E-state index in [9.17, 15) is 9.59 Å². The first-order chi connectivity index (χ1) is 14.0. The number of nitrogens with one attached hydrogen (secondary N) is 1. The molecule has 1 aliphatic rings. The van der Waals surface area contributed by atoms with Gasteiger partial charge in [-0.25, -0.2) is 0 Å². The third kappa shape index (κ3) is 4.25. The van der Waals surface area contributed by atoms with Crippen molar-refractivity contribution in [3.05, 3.63) is 88.4 Å². The van der Waals surface area contributed by atoms with Crippen molar-refractivity contribution in [2.75, 3.05) is 16.8 Å². The highest BCUT2D eigenvalue weighted by atomic mass is 35.5. The fourth-order valence-electron chi connectivity index (χ4n) is 3.13. The molecule has 6 heteroatoms. The molecule has 0 saturated heterocycles. The summed E-state index contributed by atoms with van der Waals surface area (Å²) < 4.78 is 5.56. The smallest absolute Gasteiger partial charge is 0.265 e. The number of ether oxygens (including phenoxy) is 1. The largest absolute Gasteiger partial charge is 0.482 e. The number of rotatable bonds is 4. The van der Waals surface area contributed by atoms with Crippen molar-refractivity contribution < 1.29 is 14.3 Å². The molecule has 0 atom stereocenters.